The largest absolute Gasteiger partial charge is 0.351 e. The zero-order valence-electron chi connectivity index (χ0n) is 10.3. The third kappa shape index (κ3) is 3.67. The second-order valence-corrected chi connectivity index (χ2v) is 4.70. The van der Waals surface area contributed by atoms with Crippen molar-refractivity contribution in [3.05, 3.63) is 35.4 Å². The molecule has 15 heavy (non-hydrogen) atoms. The van der Waals surface area contributed by atoms with E-state index >= 15 is 0 Å². The van der Waals surface area contributed by atoms with Gasteiger partial charge in [-0.2, -0.15) is 0 Å². The Balaban J connectivity index is 2.63. The van der Waals surface area contributed by atoms with Gasteiger partial charge >= 0.3 is 0 Å². The minimum atomic E-state index is 0.422. The number of hydrogen-bond donors (Lipinski definition) is 1. The van der Waals surface area contributed by atoms with Gasteiger partial charge in [-0.15, -0.1) is 0 Å². The Hall–Kier alpha value is -0.820. The lowest BCUT2D eigenvalue weighted by Gasteiger charge is -2.12. The molecule has 3 N–H and O–H groups in total. The van der Waals surface area contributed by atoms with E-state index in [2.05, 4.69) is 50.8 Å². The van der Waals surface area contributed by atoms with Crippen LogP contribution in [0.2, 0.25) is 0 Å². The molecule has 1 heteroatoms. The summed E-state index contributed by atoms with van der Waals surface area (Å²) in [6, 6.07) is 9.41. The Labute approximate surface area is 93.7 Å². The first-order valence-electron chi connectivity index (χ1n) is 6.07. The number of rotatable bonds is 5. The molecule has 0 aliphatic rings. The van der Waals surface area contributed by atoms with Crippen molar-refractivity contribution in [2.75, 3.05) is 0 Å². The first-order valence-corrected chi connectivity index (χ1v) is 6.07. The van der Waals surface area contributed by atoms with Crippen LogP contribution in [0.25, 0.3) is 0 Å². The van der Waals surface area contributed by atoms with E-state index in [1.807, 2.05) is 0 Å². The number of benzene rings is 1. The molecule has 84 valence electrons. The van der Waals surface area contributed by atoms with E-state index in [0.29, 0.717) is 12.0 Å². The fourth-order valence-corrected chi connectivity index (χ4v) is 1.70. The highest BCUT2D eigenvalue weighted by Gasteiger charge is 2.13. The zero-order chi connectivity index (χ0) is 11.3. The Kier molecular flexibility index (Phi) is 4.83. The Morgan fingerprint density at radius 1 is 1.13 bits per heavy atom. The van der Waals surface area contributed by atoms with Gasteiger partial charge in [0.25, 0.3) is 0 Å². The van der Waals surface area contributed by atoms with E-state index in [0.717, 1.165) is 0 Å². The van der Waals surface area contributed by atoms with Crippen molar-refractivity contribution in [2.45, 2.75) is 46.1 Å². The summed E-state index contributed by atoms with van der Waals surface area (Å²) in [4.78, 5) is 0. The van der Waals surface area contributed by atoms with E-state index in [1.54, 1.807) is 0 Å². The molecule has 0 amide bonds. The lowest BCUT2D eigenvalue weighted by molar-refractivity contribution is -0.438. The van der Waals surface area contributed by atoms with E-state index in [9.17, 15) is 0 Å². The molecule has 0 unspecified atom stereocenters. The van der Waals surface area contributed by atoms with Crippen molar-refractivity contribution < 1.29 is 5.73 Å². The van der Waals surface area contributed by atoms with Crippen LogP contribution in [0.4, 0.5) is 0 Å². The standard InChI is InChI=1S/C14H23N/c1-4-5-6-12-7-9-13(10-8-12)14(15)11(2)3/h7-11,14H,4-6,15H2,1-3H3/p+1/t14-/m1/s1. The fourth-order valence-electron chi connectivity index (χ4n) is 1.70. The molecule has 0 aliphatic heterocycles. The van der Waals surface area contributed by atoms with Crippen LogP contribution in [0.3, 0.4) is 0 Å². The number of hydrogen-bond acceptors (Lipinski definition) is 0. The molecule has 1 nitrogen and oxygen atoms in total. The number of aryl methyl sites for hydroxylation is 1. The maximum Gasteiger partial charge on any atom is 0.112 e. The molecule has 1 rings (SSSR count). The van der Waals surface area contributed by atoms with Crippen molar-refractivity contribution in [3.63, 3.8) is 0 Å². The molecule has 1 atom stereocenters. The summed E-state index contributed by atoms with van der Waals surface area (Å²) in [5, 5.41) is 0. The molecule has 1 aromatic carbocycles. The van der Waals surface area contributed by atoms with E-state index < -0.39 is 0 Å². The summed E-state index contributed by atoms with van der Waals surface area (Å²) in [6.07, 6.45) is 3.77. The summed E-state index contributed by atoms with van der Waals surface area (Å²) >= 11 is 0. The van der Waals surface area contributed by atoms with Crippen LogP contribution in [-0.2, 0) is 6.42 Å². The molecular weight excluding hydrogens is 182 g/mol. The van der Waals surface area contributed by atoms with E-state index in [-0.39, 0.29) is 0 Å². The average Bonchev–Trinajstić information content (AvgIpc) is 2.26. The summed E-state index contributed by atoms with van der Waals surface area (Å²) in [5.74, 6) is 0.617. The smallest absolute Gasteiger partial charge is 0.112 e. The maximum absolute atomic E-state index is 4.20. The highest BCUT2D eigenvalue weighted by atomic mass is 14.6. The Morgan fingerprint density at radius 3 is 2.20 bits per heavy atom. The van der Waals surface area contributed by atoms with Gasteiger partial charge in [0, 0.05) is 11.5 Å². The van der Waals surface area contributed by atoms with Crippen LogP contribution in [0.5, 0.6) is 0 Å². The fraction of sp³-hybridized carbons (Fsp3) is 0.571. The van der Waals surface area contributed by atoms with Crippen LogP contribution in [0, 0.1) is 5.92 Å². The average molecular weight is 206 g/mol. The van der Waals surface area contributed by atoms with Crippen molar-refractivity contribution >= 4 is 0 Å². The molecule has 0 spiro atoms. The summed E-state index contributed by atoms with van der Waals surface area (Å²) in [5.41, 5.74) is 7.02. The Bertz CT molecular complexity index is 274. The van der Waals surface area contributed by atoms with Gasteiger partial charge in [-0.05, 0) is 18.4 Å². The minimum absolute atomic E-state index is 0.422. The SMILES string of the molecule is CCCCc1ccc([C@H]([NH3+])C(C)C)cc1. The van der Waals surface area contributed by atoms with Gasteiger partial charge in [0.1, 0.15) is 6.04 Å². The predicted octanol–water partition coefficient (Wildman–Crippen LogP) is 2.97. The first kappa shape index (κ1) is 12.3. The van der Waals surface area contributed by atoms with Crippen molar-refractivity contribution in [3.8, 4) is 0 Å². The highest BCUT2D eigenvalue weighted by Crippen LogP contribution is 2.17. The monoisotopic (exact) mass is 206 g/mol. The Morgan fingerprint density at radius 2 is 1.73 bits per heavy atom. The third-order valence-electron chi connectivity index (χ3n) is 3.03. The maximum atomic E-state index is 4.20. The lowest BCUT2D eigenvalue weighted by Crippen LogP contribution is -2.55. The molecule has 0 aliphatic carbocycles. The van der Waals surface area contributed by atoms with Crippen molar-refractivity contribution in [1.82, 2.24) is 0 Å². The number of unbranched alkanes of at least 4 members (excludes halogenated alkanes) is 1. The third-order valence-corrected chi connectivity index (χ3v) is 3.03. The second-order valence-electron chi connectivity index (χ2n) is 4.70. The predicted molar refractivity (Wildman–Crippen MR) is 65.5 cm³/mol. The molecule has 0 heterocycles. The zero-order valence-corrected chi connectivity index (χ0v) is 10.3. The molecular formula is C14H24N+. The normalized spacial score (nSPS) is 13.1. The first-order chi connectivity index (χ1) is 7.15. The lowest BCUT2D eigenvalue weighted by atomic mass is 9.95. The molecule has 0 bridgehead atoms. The molecule has 1 aromatic rings. The topological polar surface area (TPSA) is 27.6 Å². The van der Waals surface area contributed by atoms with Gasteiger partial charge in [-0.3, -0.25) is 0 Å². The minimum Gasteiger partial charge on any atom is -0.351 e. The molecule has 0 saturated carbocycles. The molecule has 0 fully saturated rings. The van der Waals surface area contributed by atoms with Gasteiger partial charge < -0.3 is 5.73 Å². The van der Waals surface area contributed by atoms with Crippen LogP contribution in [-0.4, -0.2) is 0 Å². The van der Waals surface area contributed by atoms with Gasteiger partial charge in [-0.25, -0.2) is 0 Å². The van der Waals surface area contributed by atoms with Crippen molar-refractivity contribution in [1.29, 1.82) is 0 Å². The van der Waals surface area contributed by atoms with Gasteiger partial charge in [-0.1, -0.05) is 51.5 Å². The molecule has 0 aromatic heterocycles. The summed E-state index contributed by atoms with van der Waals surface area (Å²) < 4.78 is 0. The highest BCUT2D eigenvalue weighted by molar-refractivity contribution is 5.24. The van der Waals surface area contributed by atoms with Crippen LogP contribution in [0.15, 0.2) is 24.3 Å². The van der Waals surface area contributed by atoms with Crippen LogP contribution >= 0.6 is 0 Å². The van der Waals surface area contributed by atoms with Crippen LogP contribution < -0.4 is 5.73 Å². The van der Waals surface area contributed by atoms with Gasteiger partial charge in [0.05, 0.1) is 0 Å². The second kappa shape index (κ2) is 5.92. The van der Waals surface area contributed by atoms with Gasteiger partial charge in [0.15, 0.2) is 0 Å². The van der Waals surface area contributed by atoms with Gasteiger partial charge in [0.2, 0.25) is 0 Å². The van der Waals surface area contributed by atoms with Crippen molar-refractivity contribution in [2.24, 2.45) is 5.92 Å². The summed E-state index contributed by atoms with van der Waals surface area (Å²) in [7, 11) is 0. The van der Waals surface area contributed by atoms with Crippen LogP contribution in [0.1, 0.15) is 50.8 Å². The molecule has 0 radical (unpaired) electrons. The summed E-state index contributed by atoms with van der Waals surface area (Å²) in [6.45, 7) is 6.68. The van der Waals surface area contributed by atoms with E-state index in [1.165, 1.54) is 30.4 Å². The number of quaternary nitrogens is 1. The molecule has 0 saturated heterocycles. The quantitative estimate of drug-likeness (QED) is 0.767. The van der Waals surface area contributed by atoms with E-state index in [4.69, 9.17) is 0 Å².